The monoisotopic (exact) mass is 480 g/mol. The Morgan fingerprint density at radius 1 is 1.00 bits per heavy atom. The van der Waals surface area contributed by atoms with Gasteiger partial charge in [0.1, 0.15) is 23.5 Å². The van der Waals surface area contributed by atoms with E-state index in [1.165, 1.54) is 24.3 Å². The Kier molecular flexibility index (Phi) is 8.10. The second-order valence-corrected chi connectivity index (χ2v) is 8.98. The van der Waals surface area contributed by atoms with Crippen LogP contribution in [0.1, 0.15) is 42.1 Å². The second-order valence-electron chi connectivity index (χ2n) is 8.98. The molecule has 1 fully saturated rings. The highest BCUT2D eigenvalue weighted by atomic mass is 19.1. The number of anilines is 1. The van der Waals surface area contributed by atoms with Gasteiger partial charge in [-0.2, -0.15) is 0 Å². The molecule has 0 saturated carbocycles. The third-order valence-electron chi connectivity index (χ3n) is 6.29. The summed E-state index contributed by atoms with van der Waals surface area (Å²) < 4.78 is 33.4. The van der Waals surface area contributed by atoms with Crippen LogP contribution in [0.4, 0.5) is 14.5 Å². The number of piperidine rings is 1. The van der Waals surface area contributed by atoms with Crippen LogP contribution < -0.4 is 5.32 Å². The van der Waals surface area contributed by atoms with Crippen LogP contribution in [-0.2, 0) is 9.53 Å². The number of hydrogen-bond acceptors (Lipinski definition) is 4. The third kappa shape index (κ3) is 6.87. The summed E-state index contributed by atoms with van der Waals surface area (Å²) in [5, 5.41) is 12.7. The van der Waals surface area contributed by atoms with Crippen LogP contribution >= 0.6 is 0 Å². The maximum atomic E-state index is 13.5. The van der Waals surface area contributed by atoms with Crippen molar-refractivity contribution in [2.75, 3.05) is 25.0 Å². The fraction of sp³-hybridized carbons (Fsp3) is 0.321. The number of phenolic OH excluding ortho intramolecular Hbond substituents is 1. The largest absolute Gasteiger partial charge is 0.506 e. The van der Waals surface area contributed by atoms with Gasteiger partial charge in [0.05, 0.1) is 11.8 Å². The van der Waals surface area contributed by atoms with Gasteiger partial charge in [0.25, 0.3) is 0 Å². The number of likely N-dealkylation sites (tertiary alicyclic amines) is 1. The number of carbonyl (C=O) groups is 1. The number of nitrogens with zero attached hydrogens (tertiary/aromatic N) is 1. The Morgan fingerprint density at radius 2 is 1.57 bits per heavy atom. The first kappa shape index (κ1) is 24.8. The molecule has 0 bridgehead atoms. The summed E-state index contributed by atoms with van der Waals surface area (Å²) >= 11 is 0. The SMILES string of the molecule is Cc1ccc(O)c(NC(=O)CCN2CCC(OC(c3ccc(F)cc3)c3ccc(F)cc3)CC2)c1. The molecular formula is C28H30F2N2O3. The molecule has 4 rings (SSSR count). The lowest BCUT2D eigenvalue weighted by Crippen LogP contribution is -2.39. The van der Waals surface area contributed by atoms with Crippen molar-refractivity contribution < 1.29 is 23.4 Å². The number of aromatic hydroxyl groups is 1. The average Bonchev–Trinajstić information content (AvgIpc) is 2.85. The molecule has 1 aliphatic heterocycles. The molecule has 184 valence electrons. The summed E-state index contributed by atoms with van der Waals surface area (Å²) in [6.07, 6.45) is 1.48. The van der Waals surface area contributed by atoms with Crippen molar-refractivity contribution in [1.82, 2.24) is 4.90 Å². The van der Waals surface area contributed by atoms with E-state index in [1.807, 2.05) is 6.92 Å². The van der Waals surface area contributed by atoms with E-state index >= 15 is 0 Å². The van der Waals surface area contributed by atoms with Crippen LogP contribution in [0.25, 0.3) is 0 Å². The molecule has 3 aromatic rings. The molecule has 0 radical (unpaired) electrons. The van der Waals surface area contributed by atoms with Crippen LogP contribution in [-0.4, -0.2) is 41.7 Å². The van der Waals surface area contributed by atoms with Crippen LogP contribution in [0.15, 0.2) is 66.7 Å². The molecule has 0 spiro atoms. The maximum Gasteiger partial charge on any atom is 0.225 e. The molecule has 0 aromatic heterocycles. The number of ether oxygens (including phenoxy) is 1. The van der Waals surface area contributed by atoms with Crippen molar-refractivity contribution in [2.24, 2.45) is 0 Å². The maximum absolute atomic E-state index is 13.5. The topological polar surface area (TPSA) is 61.8 Å². The van der Waals surface area contributed by atoms with Gasteiger partial charge in [-0.05, 0) is 72.9 Å². The van der Waals surface area contributed by atoms with Crippen LogP contribution in [0.5, 0.6) is 5.75 Å². The summed E-state index contributed by atoms with van der Waals surface area (Å²) in [6, 6.07) is 17.5. The molecule has 0 atom stereocenters. The molecule has 0 aliphatic carbocycles. The summed E-state index contributed by atoms with van der Waals surface area (Å²) in [4.78, 5) is 14.6. The predicted molar refractivity (Wildman–Crippen MR) is 131 cm³/mol. The number of carbonyl (C=O) groups excluding carboxylic acids is 1. The Hall–Kier alpha value is -3.29. The number of nitrogens with one attached hydrogen (secondary N) is 1. The number of aryl methyl sites for hydroxylation is 1. The van der Waals surface area contributed by atoms with Gasteiger partial charge in [-0.3, -0.25) is 4.79 Å². The Bertz CT molecular complexity index is 1080. The summed E-state index contributed by atoms with van der Waals surface area (Å²) in [5.41, 5.74) is 3.02. The lowest BCUT2D eigenvalue weighted by molar-refractivity contribution is -0.116. The number of benzene rings is 3. The van der Waals surface area contributed by atoms with Gasteiger partial charge in [0, 0.05) is 26.1 Å². The number of phenols is 1. The Labute approximate surface area is 204 Å². The lowest BCUT2D eigenvalue weighted by Gasteiger charge is -2.34. The van der Waals surface area contributed by atoms with Crippen LogP contribution in [0.2, 0.25) is 0 Å². The molecule has 1 heterocycles. The first-order chi connectivity index (χ1) is 16.9. The molecule has 1 saturated heterocycles. The minimum absolute atomic E-state index is 0.00979. The van der Waals surface area contributed by atoms with Crippen LogP contribution in [0.3, 0.4) is 0 Å². The quantitative estimate of drug-likeness (QED) is 0.414. The Balaban J connectivity index is 1.30. The smallest absolute Gasteiger partial charge is 0.225 e. The molecule has 5 nitrogen and oxygen atoms in total. The normalized spacial score (nSPS) is 14.9. The fourth-order valence-corrected chi connectivity index (χ4v) is 4.31. The number of rotatable bonds is 8. The van der Waals surface area contributed by atoms with E-state index in [4.69, 9.17) is 4.74 Å². The minimum atomic E-state index is -0.416. The lowest BCUT2D eigenvalue weighted by atomic mass is 10.00. The highest BCUT2D eigenvalue weighted by Crippen LogP contribution is 2.30. The Morgan fingerprint density at radius 3 is 2.14 bits per heavy atom. The zero-order valence-electron chi connectivity index (χ0n) is 19.7. The van der Waals surface area contributed by atoms with E-state index in [9.17, 15) is 18.7 Å². The number of amides is 1. The van der Waals surface area contributed by atoms with E-state index in [0.717, 1.165) is 42.6 Å². The van der Waals surface area contributed by atoms with Gasteiger partial charge in [0.15, 0.2) is 0 Å². The highest BCUT2D eigenvalue weighted by Gasteiger charge is 2.25. The van der Waals surface area contributed by atoms with E-state index < -0.39 is 6.10 Å². The highest BCUT2D eigenvalue weighted by molar-refractivity contribution is 5.92. The molecule has 35 heavy (non-hydrogen) atoms. The van der Waals surface area contributed by atoms with E-state index in [2.05, 4.69) is 10.2 Å². The second kappa shape index (κ2) is 11.4. The fourth-order valence-electron chi connectivity index (χ4n) is 4.31. The summed E-state index contributed by atoms with van der Waals surface area (Å²) in [5.74, 6) is -0.723. The van der Waals surface area contributed by atoms with Crippen molar-refractivity contribution in [3.63, 3.8) is 0 Å². The minimum Gasteiger partial charge on any atom is -0.506 e. The average molecular weight is 481 g/mol. The third-order valence-corrected chi connectivity index (χ3v) is 6.29. The standard InChI is InChI=1S/C28H30F2N2O3/c1-19-2-11-26(33)25(18-19)31-27(34)14-17-32-15-12-24(13-16-32)35-28(20-3-7-22(29)8-4-20)21-5-9-23(30)10-6-21/h2-11,18,24,28,33H,12-17H2,1H3,(H,31,34). The van der Waals surface area contributed by atoms with E-state index in [-0.39, 0.29) is 29.4 Å². The molecule has 3 aromatic carbocycles. The van der Waals surface area contributed by atoms with Crippen molar-refractivity contribution in [3.8, 4) is 5.75 Å². The van der Waals surface area contributed by atoms with E-state index in [0.29, 0.717) is 18.7 Å². The first-order valence-corrected chi connectivity index (χ1v) is 11.9. The zero-order chi connectivity index (χ0) is 24.8. The molecule has 1 aliphatic rings. The van der Waals surface area contributed by atoms with Gasteiger partial charge in [-0.25, -0.2) is 8.78 Å². The van der Waals surface area contributed by atoms with Crippen molar-refractivity contribution in [3.05, 3.63) is 95.1 Å². The zero-order valence-corrected chi connectivity index (χ0v) is 19.7. The van der Waals surface area contributed by atoms with Crippen molar-refractivity contribution in [1.29, 1.82) is 0 Å². The predicted octanol–water partition coefficient (Wildman–Crippen LogP) is 5.58. The summed E-state index contributed by atoms with van der Waals surface area (Å²) in [7, 11) is 0. The first-order valence-electron chi connectivity index (χ1n) is 11.9. The summed E-state index contributed by atoms with van der Waals surface area (Å²) in [6.45, 7) is 4.09. The van der Waals surface area contributed by atoms with Gasteiger partial charge < -0.3 is 20.1 Å². The molecule has 2 N–H and O–H groups in total. The number of hydrogen-bond donors (Lipinski definition) is 2. The van der Waals surface area contributed by atoms with Gasteiger partial charge in [0.2, 0.25) is 5.91 Å². The number of halogens is 2. The van der Waals surface area contributed by atoms with Gasteiger partial charge in [-0.15, -0.1) is 0 Å². The molecule has 0 unspecified atom stereocenters. The molecule has 7 heteroatoms. The molecular weight excluding hydrogens is 450 g/mol. The van der Waals surface area contributed by atoms with Crippen LogP contribution in [0, 0.1) is 18.6 Å². The van der Waals surface area contributed by atoms with E-state index in [1.54, 1.807) is 42.5 Å². The van der Waals surface area contributed by atoms with Gasteiger partial charge >= 0.3 is 0 Å². The van der Waals surface area contributed by atoms with Gasteiger partial charge in [-0.1, -0.05) is 30.3 Å². The molecule has 1 amide bonds. The van der Waals surface area contributed by atoms with Crippen molar-refractivity contribution >= 4 is 11.6 Å². The van der Waals surface area contributed by atoms with Crippen molar-refractivity contribution in [2.45, 2.75) is 38.4 Å².